The molecule has 4 rings (SSSR count). The summed E-state index contributed by atoms with van der Waals surface area (Å²) in [6.07, 6.45) is 1.70. The minimum atomic E-state index is -0.320. The van der Waals surface area contributed by atoms with Gasteiger partial charge in [0.05, 0.1) is 22.6 Å². The largest absolute Gasteiger partial charge is 0.322 e. The Kier molecular flexibility index (Phi) is 5.36. The summed E-state index contributed by atoms with van der Waals surface area (Å²) in [7, 11) is 1.75. The zero-order valence-electron chi connectivity index (χ0n) is 17.5. The highest BCUT2D eigenvalue weighted by molar-refractivity contribution is 6.07. The molecule has 0 spiro atoms. The van der Waals surface area contributed by atoms with Gasteiger partial charge in [0.25, 0.3) is 11.8 Å². The Morgan fingerprint density at radius 2 is 1.52 bits per heavy atom. The van der Waals surface area contributed by atoms with Crippen molar-refractivity contribution in [3.63, 3.8) is 0 Å². The molecule has 0 bridgehead atoms. The fraction of sp³-hybridized carbons (Fsp3) is 0.130. The quantitative estimate of drug-likeness (QED) is 0.520. The molecule has 0 aliphatic rings. The van der Waals surface area contributed by atoms with Crippen LogP contribution >= 0.6 is 0 Å². The maximum absolute atomic E-state index is 13.0. The molecule has 0 aliphatic carbocycles. The molecule has 0 atom stereocenters. The Morgan fingerprint density at radius 1 is 0.839 bits per heavy atom. The van der Waals surface area contributed by atoms with Crippen molar-refractivity contribution >= 4 is 23.2 Å². The van der Waals surface area contributed by atoms with Gasteiger partial charge in [0.2, 0.25) is 0 Å². The van der Waals surface area contributed by atoms with Crippen LogP contribution in [0.4, 0.5) is 11.4 Å². The normalized spacial score (nSPS) is 10.7. The predicted molar refractivity (Wildman–Crippen MR) is 119 cm³/mol. The number of anilines is 2. The topological polar surface area (TPSA) is 93.8 Å². The molecule has 2 amide bonds. The van der Waals surface area contributed by atoms with E-state index >= 15 is 0 Å². The first-order chi connectivity index (χ1) is 14.9. The molecular formula is C23H22N6O2. The van der Waals surface area contributed by atoms with E-state index in [4.69, 9.17) is 0 Å². The first-order valence-corrected chi connectivity index (χ1v) is 9.76. The lowest BCUT2D eigenvalue weighted by Gasteiger charge is -2.09. The highest BCUT2D eigenvalue weighted by Crippen LogP contribution is 2.21. The van der Waals surface area contributed by atoms with Crippen LogP contribution in [0.1, 0.15) is 32.2 Å². The Labute approximate surface area is 179 Å². The van der Waals surface area contributed by atoms with Gasteiger partial charge < -0.3 is 10.6 Å². The van der Waals surface area contributed by atoms with E-state index in [-0.39, 0.29) is 11.8 Å². The summed E-state index contributed by atoms with van der Waals surface area (Å²) >= 11 is 0. The van der Waals surface area contributed by atoms with Gasteiger partial charge in [-0.25, -0.2) is 4.68 Å². The average molecular weight is 414 g/mol. The number of rotatable bonds is 5. The van der Waals surface area contributed by atoms with E-state index in [1.165, 1.54) is 0 Å². The van der Waals surface area contributed by atoms with Crippen molar-refractivity contribution in [2.24, 2.45) is 7.05 Å². The second-order valence-corrected chi connectivity index (χ2v) is 7.16. The lowest BCUT2D eigenvalue weighted by Crippen LogP contribution is -2.15. The van der Waals surface area contributed by atoms with Crippen molar-refractivity contribution in [3.05, 3.63) is 89.5 Å². The van der Waals surface area contributed by atoms with Gasteiger partial charge >= 0.3 is 0 Å². The minimum Gasteiger partial charge on any atom is -0.322 e. The van der Waals surface area contributed by atoms with Crippen LogP contribution in [0.15, 0.2) is 66.9 Å². The highest BCUT2D eigenvalue weighted by Gasteiger charge is 2.20. The van der Waals surface area contributed by atoms with Crippen LogP contribution < -0.4 is 10.6 Å². The molecule has 8 nitrogen and oxygen atoms in total. The molecule has 0 unspecified atom stereocenters. The third-order valence-electron chi connectivity index (χ3n) is 4.84. The van der Waals surface area contributed by atoms with Gasteiger partial charge in [-0.15, -0.1) is 0 Å². The van der Waals surface area contributed by atoms with Crippen LogP contribution in [-0.2, 0) is 7.05 Å². The number of nitrogens with one attached hydrogen (secondary N) is 2. The van der Waals surface area contributed by atoms with E-state index in [0.717, 1.165) is 11.4 Å². The fourth-order valence-corrected chi connectivity index (χ4v) is 3.39. The fourth-order valence-electron chi connectivity index (χ4n) is 3.39. The molecule has 2 aromatic carbocycles. The van der Waals surface area contributed by atoms with Crippen molar-refractivity contribution in [1.82, 2.24) is 19.6 Å². The van der Waals surface area contributed by atoms with E-state index in [0.29, 0.717) is 28.3 Å². The molecule has 0 radical (unpaired) electrons. The number of carbonyl (C=O) groups excluding carboxylic acids is 2. The molecule has 0 aliphatic heterocycles. The summed E-state index contributed by atoms with van der Waals surface area (Å²) in [6.45, 7) is 3.68. The van der Waals surface area contributed by atoms with E-state index in [1.807, 2.05) is 44.2 Å². The zero-order valence-corrected chi connectivity index (χ0v) is 17.5. The molecule has 0 saturated heterocycles. The summed E-state index contributed by atoms with van der Waals surface area (Å²) in [5, 5.41) is 14.3. The molecule has 4 aromatic rings. The molecule has 0 fully saturated rings. The number of benzene rings is 2. The Morgan fingerprint density at radius 3 is 2.16 bits per heavy atom. The minimum absolute atomic E-state index is 0.259. The van der Waals surface area contributed by atoms with Crippen LogP contribution in [0.25, 0.3) is 5.69 Å². The molecular weight excluding hydrogens is 392 g/mol. The average Bonchev–Trinajstić information content (AvgIpc) is 3.31. The second-order valence-electron chi connectivity index (χ2n) is 7.16. The van der Waals surface area contributed by atoms with Crippen LogP contribution in [0.2, 0.25) is 0 Å². The van der Waals surface area contributed by atoms with Crippen molar-refractivity contribution in [1.29, 1.82) is 0 Å². The highest BCUT2D eigenvalue weighted by atomic mass is 16.2. The third kappa shape index (κ3) is 4.23. The number of aromatic nitrogens is 4. The van der Waals surface area contributed by atoms with Gasteiger partial charge in [-0.1, -0.05) is 24.3 Å². The van der Waals surface area contributed by atoms with Gasteiger partial charge in [0.1, 0.15) is 0 Å². The summed E-state index contributed by atoms with van der Waals surface area (Å²) in [6, 6.07) is 18.3. The molecule has 2 N–H and O–H groups in total. The number of hydrogen-bond acceptors (Lipinski definition) is 4. The number of aryl methyl sites for hydroxylation is 2. The van der Waals surface area contributed by atoms with Crippen LogP contribution in [0.5, 0.6) is 0 Å². The molecule has 2 aromatic heterocycles. The maximum Gasteiger partial charge on any atom is 0.276 e. The summed E-state index contributed by atoms with van der Waals surface area (Å²) < 4.78 is 3.32. The summed E-state index contributed by atoms with van der Waals surface area (Å²) in [4.78, 5) is 25.3. The molecule has 0 saturated carbocycles. The van der Waals surface area contributed by atoms with E-state index < -0.39 is 0 Å². The lowest BCUT2D eigenvalue weighted by molar-refractivity contribution is 0.101. The number of amides is 2. The molecule has 31 heavy (non-hydrogen) atoms. The van der Waals surface area contributed by atoms with Crippen molar-refractivity contribution in [2.75, 3.05) is 10.6 Å². The number of carbonyl (C=O) groups is 2. The van der Waals surface area contributed by atoms with Gasteiger partial charge in [-0.3, -0.25) is 14.3 Å². The lowest BCUT2D eigenvalue weighted by atomic mass is 10.1. The Bertz CT molecular complexity index is 1260. The smallest absolute Gasteiger partial charge is 0.276 e. The van der Waals surface area contributed by atoms with E-state index in [9.17, 15) is 9.59 Å². The molecule has 156 valence electrons. The first kappa shape index (κ1) is 20.1. The van der Waals surface area contributed by atoms with Crippen molar-refractivity contribution in [3.8, 4) is 5.69 Å². The van der Waals surface area contributed by atoms with E-state index in [2.05, 4.69) is 20.8 Å². The van der Waals surface area contributed by atoms with Crippen LogP contribution in [0.3, 0.4) is 0 Å². The Balaban J connectivity index is 1.52. The standard InChI is InChI=1S/C23H22N6O2/c1-15-21(16(2)29(26-15)19-10-5-4-6-11-19)23(31)25-18-9-7-8-17(14-18)24-22(30)20-12-13-28(3)27-20/h4-14H,1-3H3,(H,24,30)(H,25,31). The SMILES string of the molecule is Cc1nn(-c2ccccc2)c(C)c1C(=O)Nc1cccc(NC(=O)c2ccn(C)n2)c1. The van der Waals surface area contributed by atoms with Gasteiger partial charge in [-0.2, -0.15) is 10.2 Å². The second kappa shape index (κ2) is 8.27. The summed E-state index contributed by atoms with van der Waals surface area (Å²) in [5.41, 5.74) is 4.24. The van der Waals surface area contributed by atoms with Gasteiger partial charge in [0.15, 0.2) is 5.69 Å². The number of para-hydroxylation sites is 1. The first-order valence-electron chi connectivity index (χ1n) is 9.76. The van der Waals surface area contributed by atoms with Gasteiger partial charge in [-0.05, 0) is 50.2 Å². The van der Waals surface area contributed by atoms with E-state index in [1.54, 1.807) is 52.9 Å². The predicted octanol–water partition coefficient (Wildman–Crippen LogP) is 3.73. The van der Waals surface area contributed by atoms with Crippen molar-refractivity contribution < 1.29 is 9.59 Å². The zero-order chi connectivity index (χ0) is 22.0. The number of nitrogens with zero attached hydrogens (tertiary/aromatic N) is 4. The van der Waals surface area contributed by atoms with Crippen molar-refractivity contribution in [2.45, 2.75) is 13.8 Å². The summed E-state index contributed by atoms with van der Waals surface area (Å²) in [5.74, 6) is -0.578. The molecule has 8 heteroatoms. The van der Waals surface area contributed by atoms with Gasteiger partial charge in [0, 0.05) is 24.6 Å². The third-order valence-corrected chi connectivity index (χ3v) is 4.84. The monoisotopic (exact) mass is 414 g/mol. The number of hydrogen-bond donors (Lipinski definition) is 2. The molecule has 2 heterocycles. The van der Waals surface area contributed by atoms with Crippen LogP contribution in [-0.4, -0.2) is 31.4 Å². The Hall–Kier alpha value is -4.20. The maximum atomic E-state index is 13.0. The van der Waals surface area contributed by atoms with Crippen LogP contribution in [0, 0.1) is 13.8 Å².